The molecule has 0 spiro atoms. The minimum absolute atomic E-state index is 0.250. The lowest BCUT2D eigenvalue weighted by Crippen LogP contribution is -2.33. The van der Waals surface area contributed by atoms with E-state index in [1.807, 2.05) is 50.2 Å². The summed E-state index contributed by atoms with van der Waals surface area (Å²) in [4.78, 5) is 2.04. The lowest BCUT2D eigenvalue weighted by atomic mass is 9.78. The van der Waals surface area contributed by atoms with Gasteiger partial charge >= 0.3 is 0 Å². The van der Waals surface area contributed by atoms with Crippen molar-refractivity contribution in [1.82, 2.24) is 0 Å². The normalized spacial score (nSPS) is 16.4. The molecule has 3 N–H and O–H groups in total. The standard InChI is InChI=1S/C14H24N2O/c1-5-14(2,10-15)13(17)11-6-8-12(9-7-11)16(3)4/h6-9,13,17H,5,10,15H2,1-4H3. The van der Waals surface area contributed by atoms with Crippen LogP contribution in [0.15, 0.2) is 24.3 Å². The van der Waals surface area contributed by atoms with E-state index in [1.165, 1.54) is 0 Å². The Hall–Kier alpha value is -1.06. The van der Waals surface area contributed by atoms with E-state index >= 15 is 0 Å². The van der Waals surface area contributed by atoms with Crippen LogP contribution >= 0.6 is 0 Å². The summed E-state index contributed by atoms with van der Waals surface area (Å²) in [7, 11) is 4.00. The van der Waals surface area contributed by atoms with Crippen LogP contribution in [0, 0.1) is 5.41 Å². The van der Waals surface area contributed by atoms with Crippen LogP contribution in [-0.2, 0) is 0 Å². The zero-order valence-electron chi connectivity index (χ0n) is 11.3. The zero-order valence-corrected chi connectivity index (χ0v) is 11.3. The van der Waals surface area contributed by atoms with Gasteiger partial charge in [-0.25, -0.2) is 0 Å². The van der Waals surface area contributed by atoms with Crippen molar-refractivity contribution in [1.29, 1.82) is 0 Å². The Morgan fingerprint density at radius 1 is 1.29 bits per heavy atom. The second-order valence-corrected chi connectivity index (χ2v) is 5.10. The second-order valence-electron chi connectivity index (χ2n) is 5.10. The maximum atomic E-state index is 10.4. The SMILES string of the molecule is CCC(C)(CN)C(O)c1ccc(N(C)C)cc1. The van der Waals surface area contributed by atoms with Crippen LogP contribution in [0.2, 0.25) is 0 Å². The molecule has 0 aliphatic rings. The van der Waals surface area contributed by atoms with Gasteiger partial charge in [0.15, 0.2) is 0 Å². The van der Waals surface area contributed by atoms with E-state index < -0.39 is 6.10 Å². The van der Waals surface area contributed by atoms with E-state index in [2.05, 4.69) is 6.92 Å². The predicted molar refractivity (Wildman–Crippen MR) is 73.2 cm³/mol. The molecule has 3 nitrogen and oxygen atoms in total. The Kier molecular flexibility index (Phi) is 4.54. The molecule has 0 saturated carbocycles. The third kappa shape index (κ3) is 2.99. The van der Waals surface area contributed by atoms with E-state index in [0.717, 1.165) is 17.7 Å². The van der Waals surface area contributed by atoms with E-state index in [4.69, 9.17) is 5.73 Å². The molecular formula is C14H24N2O. The van der Waals surface area contributed by atoms with Gasteiger partial charge in [0.25, 0.3) is 0 Å². The van der Waals surface area contributed by atoms with Crippen molar-refractivity contribution in [3.63, 3.8) is 0 Å². The van der Waals surface area contributed by atoms with Gasteiger partial charge in [-0.2, -0.15) is 0 Å². The number of nitrogens with zero attached hydrogens (tertiary/aromatic N) is 1. The highest BCUT2D eigenvalue weighted by atomic mass is 16.3. The Bertz CT molecular complexity index is 342. The quantitative estimate of drug-likeness (QED) is 0.823. The van der Waals surface area contributed by atoms with Crippen molar-refractivity contribution in [2.45, 2.75) is 26.4 Å². The fourth-order valence-electron chi connectivity index (χ4n) is 1.81. The molecule has 17 heavy (non-hydrogen) atoms. The number of anilines is 1. The second kappa shape index (κ2) is 5.52. The molecule has 2 unspecified atom stereocenters. The fraction of sp³-hybridized carbons (Fsp3) is 0.571. The van der Waals surface area contributed by atoms with Crippen LogP contribution in [0.25, 0.3) is 0 Å². The third-order valence-corrected chi connectivity index (χ3v) is 3.66. The van der Waals surface area contributed by atoms with Gasteiger partial charge in [-0.15, -0.1) is 0 Å². The molecular weight excluding hydrogens is 212 g/mol. The lowest BCUT2D eigenvalue weighted by molar-refractivity contribution is 0.0392. The highest BCUT2D eigenvalue weighted by molar-refractivity contribution is 5.46. The average Bonchev–Trinajstić information content (AvgIpc) is 2.37. The molecule has 0 radical (unpaired) electrons. The van der Waals surface area contributed by atoms with Crippen LogP contribution in [0.4, 0.5) is 5.69 Å². The van der Waals surface area contributed by atoms with Gasteiger partial charge in [0.2, 0.25) is 0 Å². The number of aliphatic hydroxyl groups excluding tert-OH is 1. The molecule has 0 aromatic heterocycles. The molecule has 3 heteroatoms. The van der Waals surface area contributed by atoms with Gasteiger partial charge in [0.05, 0.1) is 6.10 Å². The maximum absolute atomic E-state index is 10.4. The highest BCUT2D eigenvalue weighted by Crippen LogP contribution is 2.36. The topological polar surface area (TPSA) is 49.5 Å². The molecule has 0 fully saturated rings. The summed E-state index contributed by atoms with van der Waals surface area (Å²) in [6, 6.07) is 7.99. The Morgan fingerprint density at radius 3 is 2.18 bits per heavy atom. The lowest BCUT2D eigenvalue weighted by Gasteiger charge is -2.32. The largest absolute Gasteiger partial charge is 0.388 e. The Labute approximate surface area is 104 Å². The Morgan fingerprint density at radius 2 is 1.82 bits per heavy atom. The molecule has 1 aromatic carbocycles. The molecule has 2 atom stereocenters. The maximum Gasteiger partial charge on any atom is 0.0855 e. The first-order valence-corrected chi connectivity index (χ1v) is 6.10. The van der Waals surface area contributed by atoms with E-state index in [0.29, 0.717) is 6.54 Å². The van der Waals surface area contributed by atoms with Crippen molar-refractivity contribution in [3.8, 4) is 0 Å². The third-order valence-electron chi connectivity index (χ3n) is 3.66. The monoisotopic (exact) mass is 236 g/mol. The first-order chi connectivity index (χ1) is 7.94. The van der Waals surface area contributed by atoms with Crippen molar-refractivity contribution < 1.29 is 5.11 Å². The summed E-state index contributed by atoms with van der Waals surface area (Å²) >= 11 is 0. The van der Waals surface area contributed by atoms with Gasteiger partial charge in [-0.3, -0.25) is 0 Å². The van der Waals surface area contributed by atoms with E-state index in [1.54, 1.807) is 0 Å². The van der Waals surface area contributed by atoms with Gasteiger partial charge in [-0.05, 0) is 24.1 Å². The first-order valence-electron chi connectivity index (χ1n) is 6.10. The Balaban J connectivity index is 2.93. The molecule has 1 rings (SSSR count). The zero-order chi connectivity index (χ0) is 13.1. The number of rotatable bonds is 5. The summed E-state index contributed by atoms with van der Waals surface area (Å²) in [5, 5.41) is 10.4. The molecule has 0 saturated heterocycles. The van der Waals surface area contributed by atoms with Crippen molar-refractivity contribution in [2.24, 2.45) is 11.1 Å². The summed E-state index contributed by atoms with van der Waals surface area (Å²) in [6.07, 6.45) is 0.355. The average molecular weight is 236 g/mol. The number of aliphatic hydroxyl groups is 1. The fourth-order valence-corrected chi connectivity index (χ4v) is 1.81. The summed E-state index contributed by atoms with van der Waals surface area (Å²) in [5.41, 5.74) is 7.58. The molecule has 0 amide bonds. The predicted octanol–water partition coefficient (Wildman–Crippen LogP) is 2.16. The minimum atomic E-state index is -0.506. The molecule has 0 bridgehead atoms. The van der Waals surface area contributed by atoms with Crippen LogP contribution in [0.5, 0.6) is 0 Å². The van der Waals surface area contributed by atoms with Crippen LogP contribution in [-0.4, -0.2) is 25.7 Å². The number of benzene rings is 1. The summed E-state index contributed by atoms with van der Waals surface area (Å²) in [5.74, 6) is 0. The van der Waals surface area contributed by atoms with Crippen LogP contribution < -0.4 is 10.6 Å². The van der Waals surface area contributed by atoms with Crippen molar-refractivity contribution in [3.05, 3.63) is 29.8 Å². The van der Waals surface area contributed by atoms with E-state index in [9.17, 15) is 5.11 Å². The number of hydrogen-bond acceptors (Lipinski definition) is 3. The molecule has 1 aromatic rings. The van der Waals surface area contributed by atoms with Gasteiger partial charge < -0.3 is 15.7 Å². The highest BCUT2D eigenvalue weighted by Gasteiger charge is 2.30. The van der Waals surface area contributed by atoms with Gasteiger partial charge in [0, 0.05) is 31.7 Å². The number of nitrogens with two attached hydrogens (primary N) is 1. The van der Waals surface area contributed by atoms with Crippen molar-refractivity contribution in [2.75, 3.05) is 25.5 Å². The summed E-state index contributed by atoms with van der Waals surface area (Å²) < 4.78 is 0. The smallest absolute Gasteiger partial charge is 0.0855 e. The minimum Gasteiger partial charge on any atom is -0.388 e. The van der Waals surface area contributed by atoms with Crippen molar-refractivity contribution >= 4 is 5.69 Å². The molecule has 0 aliphatic carbocycles. The number of hydrogen-bond donors (Lipinski definition) is 2. The molecule has 96 valence electrons. The summed E-state index contributed by atoms with van der Waals surface area (Å²) in [6.45, 7) is 4.57. The van der Waals surface area contributed by atoms with E-state index in [-0.39, 0.29) is 5.41 Å². The van der Waals surface area contributed by atoms with Crippen LogP contribution in [0.3, 0.4) is 0 Å². The van der Waals surface area contributed by atoms with Crippen LogP contribution in [0.1, 0.15) is 31.9 Å². The van der Waals surface area contributed by atoms with Gasteiger partial charge in [0.1, 0.15) is 0 Å². The molecule has 0 aliphatic heterocycles. The first kappa shape index (κ1) is 14.0. The molecule has 0 heterocycles. The van der Waals surface area contributed by atoms with Gasteiger partial charge in [-0.1, -0.05) is 26.0 Å².